The average molecular weight is 179 g/mol. The first-order chi connectivity index (χ1) is 7.96. The highest BCUT2D eigenvalue weighted by molar-refractivity contribution is 5.14. The summed E-state index contributed by atoms with van der Waals surface area (Å²) in [5, 5.41) is 2.97. The zero-order chi connectivity index (χ0) is 12.5. The Morgan fingerprint density at radius 2 is 2.31 bits per heavy atom. The van der Waals surface area contributed by atoms with Crippen LogP contribution in [0.2, 0.25) is 0 Å². The van der Waals surface area contributed by atoms with Crippen molar-refractivity contribution in [2.45, 2.75) is 38.2 Å². The normalized spacial score (nSPS) is 41.7. The third-order valence-electron chi connectivity index (χ3n) is 2.16. The van der Waals surface area contributed by atoms with Crippen LogP contribution in [-0.2, 0) is 6.54 Å². The number of benzene rings is 1. The van der Waals surface area contributed by atoms with E-state index in [-0.39, 0.29) is 0 Å². The first-order valence-corrected chi connectivity index (χ1v) is 4.67. The molecular weight excluding hydrogens is 158 g/mol. The zero-order valence-corrected chi connectivity index (χ0v) is 7.59. The molecule has 0 aromatic heterocycles. The van der Waals surface area contributed by atoms with Crippen LogP contribution in [-0.4, -0.2) is 6.02 Å². The Bertz CT molecular complexity index is 381. The van der Waals surface area contributed by atoms with E-state index in [1.807, 2.05) is 30.3 Å². The SMILES string of the molecule is [2H]C1CCC([2H])(NCc2ccccc2)C1([2H])[2H]. The van der Waals surface area contributed by atoms with E-state index >= 15 is 0 Å². The molecule has 1 fully saturated rings. The van der Waals surface area contributed by atoms with Gasteiger partial charge in [-0.2, -0.15) is 0 Å². The van der Waals surface area contributed by atoms with Crippen LogP contribution in [0.5, 0.6) is 0 Å². The van der Waals surface area contributed by atoms with Gasteiger partial charge in [0.15, 0.2) is 0 Å². The number of nitrogens with one attached hydrogen (secondary N) is 1. The van der Waals surface area contributed by atoms with E-state index in [1.165, 1.54) is 0 Å². The molecule has 1 aliphatic carbocycles. The molecule has 1 heteroatoms. The molecule has 0 saturated heterocycles. The Morgan fingerprint density at radius 3 is 3.00 bits per heavy atom. The van der Waals surface area contributed by atoms with Crippen molar-refractivity contribution < 1.29 is 5.48 Å². The van der Waals surface area contributed by atoms with Crippen molar-refractivity contribution >= 4 is 0 Å². The summed E-state index contributed by atoms with van der Waals surface area (Å²) < 4.78 is 31.5. The lowest BCUT2D eigenvalue weighted by atomic mass is 10.2. The molecule has 1 aromatic carbocycles. The molecule has 1 N–H and O–H groups in total. The summed E-state index contributed by atoms with van der Waals surface area (Å²) in [7, 11) is 0. The van der Waals surface area contributed by atoms with Gasteiger partial charge in [-0.3, -0.25) is 0 Å². The topological polar surface area (TPSA) is 12.0 Å². The predicted octanol–water partition coefficient (Wildman–Crippen LogP) is 2.72. The van der Waals surface area contributed by atoms with Gasteiger partial charge in [0.2, 0.25) is 0 Å². The van der Waals surface area contributed by atoms with Gasteiger partial charge in [-0.1, -0.05) is 43.1 Å². The maximum atomic E-state index is 8.16. The first kappa shape index (κ1) is 5.16. The molecule has 0 bridgehead atoms. The third-order valence-corrected chi connectivity index (χ3v) is 2.16. The van der Waals surface area contributed by atoms with Gasteiger partial charge in [-0.05, 0) is 18.4 Å². The summed E-state index contributed by atoms with van der Waals surface area (Å²) in [5.41, 5.74) is 1.03. The van der Waals surface area contributed by atoms with Crippen LogP contribution in [0.25, 0.3) is 0 Å². The van der Waals surface area contributed by atoms with Crippen molar-refractivity contribution in [3.8, 4) is 0 Å². The van der Waals surface area contributed by atoms with Gasteiger partial charge in [-0.15, -0.1) is 0 Å². The summed E-state index contributed by atoms with van der Waals surface area (Å²) >= 11 is 0. The van der Waals surface area contributed by atoms with Gasteiger partial charge in [0, 0.05) is 18.0 Å². The summed E-state index contributed by atoms with van der Waals surface area (Å²) in [6.07, 6.45) is -1.76. The summed E-state index contributed by atoms with van der Waals surface area (Å²) in [6, 6.07) is 8.32. The lowest BCUT2D eigenvalue weighted by Gasteiger charge is -2.11. The molecule has 2 unspecified atom stereocenters. The second-order valence-electron chi connectivity index (χ2n) is 3.20. The molecule has 1 saturated carbocycles. The molecule has 2 atom stereocenters. The minimum atomic E-state index is -1.79. The summed E-state index contributed by atoms with van der Waals surface area (Å²) in [6.45, 7) is 0.469. The Kier molecular flexibility index (Phi) is 1.76. The van der Waals surface area contributed by atoms with Crippen molar-refractivity contribution in [1.82, 2.24) is 5.32 Å². The van der Waals surface area contributed by atoms with Crippen molar-refractivity contribution in [2.75, 3.05) is 0 Å². The molecule has 0 heterocycles. The van der Waals surface area contributed by atoms with Crippen LogP contribution < -0.4 is 5.32 Å². The Morgan fingerprint density at radius 1 is 1.46 bits per heavy atom. The number of hydrogen-bond acceptors (Lipinski definition) is 1. The first-order valence-electron chi connectivity index (χ1n) is 6.75. The standard InChI is InChI=1S/C12H17N/c1-2-6-11(7-3-1)10-13-12-8-4-5-9-12/h1-3,6-7,12-13H,4-5,8-10H2/i4D,8D2,12D. The van der Waals surface area contributed by atoms with Crippen LogP contribution in [0.4, 0.5) is 0 Å². The molecule has 0 amide bonds. The molecule has 0 spiro atoms. The van der Waals surface area contributed by atoms with E-state index < -0.39 is 18.8 Å². The van der Waals surface area contributed by atoms with Crippen molar-refractivity contribution in [3.05, 3.63) is 35.9 Å². The maximum absolute atomic E-state index is 8.16. The fraction of sp³-hybridized carbons (Fsp3) is 0.500. The lowest BCUT2D eigenvalue weighted by molar-refractivity contribution is 0.524. The molecule has 0 aliphatic heterocycles. The minimum absolute atomic E-state index is 0.390. The minimum Gasteiger partial charge on any atom is -0.310 e. The Balaban J connectivity index is 2.04. The molecule has 1 nitrogen and oxygen atoms in total. The Labute approximate surface area is 85.8 Å². The monoisotopic (exact) mass is 179 g/mol. The molecular formula is C12H17N. The second-order valence-corrected chi connectivity index (χ2v) is 3.20. The Hall–Kier alpha value is -0.820. The molecule has 1 aliphatic rings. The zero-order valence-electron chi connectivity index (χ0n) is 11.6. The fourth-order valence-corrected chi connectivity index (χ4v) is 1.43. The summed E-state index contributed by atoms with van der Waals surface area (Å²) in [4.78, 5) is 0. The third kappa shape index (κ3) is 2.56. The van der Waals surface area contributed by atoms with E-state index in [0.717, 1.165) is 5.56 Å². The van der Waals surface area contributed by atoms with Gasteiger partial charge >= 0.3 is 0 Å². The van der Waals surface area contributed by atoms with Gasteiger partial charge in [-0.25, -0.2) is 0 Å². The fourth-order valence-electron chi connectivity index (χ4n) is 1.43. The largest absolute Gasteiger partial charge is 0.310 e. The van der Waals surface area contributed by atoms with E-state index in [4.69, 9.17) is 5.48 Å². The van der Waals surface area contributed by atoms with Gasteiger partial charge < -0.3 is 5.32 Å². The molecule has 2 rings (SSSR count). The maximum Gasteiger partial charge on any atom is 0.0465 e. The lowest BCUT2D eigenvalue weighted by Crippen LogP contribution is -2.25. The quantitative estimate of drug-likeness (QED) is 0.752. The summed E-state index contributed by atoms with van der Waals surface area (Å²) in [5.74, 6) is 0. The number of rotatable bonds is 3. The molecule has 0 radical (unpaired) electrons. The van der Waals surface area contributed by atoms with E-state index in [2.05, 4.69) is 5.32 Å². The molecule has 1 aromatic rings. The number of hydrogen-bond donors (Lipinski definition) is 1. The molecule has 70 valence electrons. The van der Waals surface area contributed by atoms with Crippen LogP contribution in [0.1, 0.15) is 36.7 Å². The van der Waals surface area contributed by atoms with E-state index in [9.17, 15) is 0 Å². The average Bonchev–Trinajstić information content (AvgIpc) is 2.53. The highest BCUT2D eigenvalue weighted by Crippen LogP contribution is 2.17. The van der Waals surface area contributed by atoms with Gasteiger partial charge in [0.05, 0.1) is 0 Å². The van der Waals surface area contributed by atoms with Crippen LogP contribution in [0, 0.1) is 0 Å². The second kappa shape index (κ2) is 4.43. The van der Waals surface area contributed by atoms with Crippen molar-refractivity contribution in [3.63, 3.8) is 0 Å². The van der Waals surface area contributed by atoms with Crippen molar-refractivity contribution in [1.29, 1.82) is 0 Å². The van der Waals surface area contributed by atoms with Crippen LogP contribution in [0.15, 0.2) is 30.3 Å². The van der Waals surface area contributed by atoms with Crippen LogP contribution >= 0.6 is 0 Å². The van der Waals surface area contributed by atoms with Gasteiger partial charge in [0.1, 0.15) is 0 Å². The highest BCUT2D eigenvalue weighted by Gasteiger charge is 2.13. The van der Waals surface area contributed by atoms with Gasteiger partial charge in [0.25, 0.3) is 0 Å². The van der Waals surface area contributed by atoms with E-state index in [0.29, 0.717) is 19.4 Å². The van der Waals surface area contributed by atoms with Crippen molar-refractivity contribution in [2.24, 2.45) is 0 Å². The highest BCUT2D eigenvalue weighted by atomic mass is 14.9. The predicted molar refractivity (Wildman–Crippen MR) is 55.5 cm³/mol. The van der Waals surface area contributed by atoms with Crippen LogP contribution in [0.3, 0.4) is 0 Å². The molecule has 13 heavy (non-hydrogen) atoms. The smallest absolute Gasteiger partial charge is 0.0465 e. The van der Waals surface area contributed by atoms with E-state index in [1.54, 1.807) is 0 Å².